The van der Waals surface area contributed by atoms with Crippen LogP contribution in [0.5, 0.6) is 0 Å². The molecule has 0 radical (unpaired) electrons. The summed E-state index contributed by atoms with van der Waals surface area (Å²) < 4.78 is 1.81. The first kappa shape index (κ1) is 12.5. The molecule has 0 saturated carbocycles. The number of nitrogens with two attached hydrogens (primary N) is 1. The molecule has 1 atom stereocenters. The van der Waals surface area contributed by atoms with Crippen LogP contribution in [0.3, 0.4) is 0 Å². The van der Waals surface area contributed by atoms with Crippen LogP contribution in [0.25, 0.3) is 0 Å². The molecule has 0 aliphatic heterocycles. The summed E-state index contributed by atoms with van der Waals surface area (Å²) in [5.41, 5.74) is 6.20. The highest BCUT2D eigenvalue weighted by atomic mass is 35.5. The van der Waals surface area contributed by atoms with Crippen LogP contribution in [0.2, 0.25) is 5.02 Å². The number of hydrogen-bond donors (Lipinski definition) is 2. The fourth-order valence-electron chi connectivity index (χ4n) is 1.47. The molecule has 5 heteroatoms. The largest absolute Gasteiger partial charge is 0.388 e. The summed E-state index contributed by atoms with van der Waals surface area (Å²) >= 11 is 6.12. The lowest BCUT2D eigenvalue weighted by atomic mass is 10.0. The molecule has 1 aromatic heterocycles. The Bertz CT molecular complexity index is 347. The number of nitrogens with zero attached hydrogens (tertiary/aromatic N) is 2. The summed E-state index contributed by atoms with van der Waals surface area (Å²) in [6.45, 7) is 6.49. The van der Waals surface area contributed by atoms with Crippen LogP contribution < -0.4 is 5.73 Å². The Morgan fingerprint density at radius 3 is 2.67 bits per heavy atom. The third kappa shape index (κ3) is 2.71. The van der Waals surface area contributed by atoms with E-state index in [0.717, 1.165) is 17.9 Å². The monoisotopic (exact) mass is 231 g/mol. The lowest BCUT2D eigenvalue weighted by molar-refractivity contribution is 0.0674. The van der Waals surface area contributed by atoms with E-state index in [1.165, 1.54) is 0 Å². The average Bonchev–Trinajstić information content (AvgIpc) is 2.45. The van der Waals surface area contributed by atoms with Gasteiger partial charge in [-0.3, -0.25) is 4.68 Å². The molecular formula is C10H18ClN3O. The second-order valence-corrected chi connectivity index (χ2v) is 4.42. The Balaban J connectivity index is 3.03. The van der Waals surface area contributed by atoms with E-state index >= 15 is 0 Å². The molecule has 0 aliphatic carbocycles. The van der Waals surface area contributed by atoms with Crippen LogP contribution in [0.15, 0.2) is 0 Å². The molecule has 1 rings (SSSR count). The van der Waals surface area contributed by atoms with Crippen molar-refractivity contribution >= 4 is 11.6 Å². The van der Waals surface area contributed by atoms with E-state index in [1.807, 2.05) is 18.5 Å². The van der Waals surface area contributed by atoms with Gasteiger partial charge in [0.2, 0.25) is 0 Å². The lowest BCUT2D eigenvalue weighted by Gasteiger charge is -2.21. The molecule has 1 heterocycles. The van der Waals surface area contributed by atoms with Crippen LogP contribution in [0.1, 0.15) is 25.2 Å². The van der Waals surface area contributed by atoms with Gasteiger partial charge >= 0.3 is 0 Å². The van der Waals surface area contributed by atoms with Gasteiger partial charge in [0, 0.05) is 19.5 Å². The van der Waals surface area contributed by atoms with Crippen molar-refractivity contribution in [1.82, 2.24) is 9.78 Å². The van der Waals surface area contributed by atoms with Gasteiger partial charge in [-0.25, -0.2) is 0 Å². The zero-order chi connectivity index (χ0) is 11.6. The molecule has 0 amide bonds. The number of aliphatic hydroxyl groups is 1. The van der Waals surface area contributed by atoms with Gasteiger partial charge in [0.05, 0.1) is 22.0 Å². The van der Waals surface area contributed by atoms with Gasteiger partial charge in [-0.05, 0) is 20.8 Å². The van der Waals surface area contributed by atoms with Crippen molar-refractivity contribution in [1.29, 1.82) is 0 Å². The fourth-order valence-corrected chi connectivity index (χ4v) is 1.67. The molecule has 1 unspecified atom stereocenters. The molecule has 86 valence electrons. The van der Waals surface area contributed by atoms with Gasteiger partial charge in [0.1, 0.15) is 0 Å². The maximum absolute atomic E-state index is 9.91. The normalized spacial score (nSPS) is 15.3. The summed E-state index contributed by atoms with van der Waals surface area (Å²) in [5, 5.41) is 14.8. The van der Waals surface area contributed by atoms with E-state index in [2.05, 4.69) is 5.10 Å². The van der Waals surface area contributed by atoms with E-state index < -0.39 is 5.60 Å². The highest BCUT2D eigenvalue weighted by molar-refractivity contribution is 6.31. The molecule has 15 heavy (non-hydrogen) atoms. The molecule has 0 saturated heterocycles. The smallest absolute Gasteiger partial charge is 0.0848 e. The highest BCUT2D eigenvalue weighted by Gasteiger charge is 2.24. The van der Waals surface area contributed by atoms with Crippen molar-refractivity contribution in [2.45, 2.75) is 39.3 Å². The minimum atomic E-state index is -0.928. The first-order valence-electron chi connectivity index (χ1n) is 5.05. The molecule has 0 spiro atoms. The Morgan fingerprint density at radius 1 is 1.60 bits per heavy atom. The van der Waals surface area contributed by atoms with Gasteiger partial charge in [-0.2, -0.15) is 5.10 Å². The highest BCUT2D eigenvalue weighted by Crippen LogP contribution is 2.24. The van der Waals surface area contributed by atoms with E-state index in [4.69, 9.17) is 17.3 Å². The predicted octanol–water partition coefficient (Wildman–Crippen LogP) is 1.12. The minimum Gasteiger partial charge on any atom is -0.388 e. The molecular weight excluding hydrogens is 214 g/mol. The zero-order valence-corrected chi connectivity index (χ0v) is 10.2. The van der Waals surface area contributed by atoms with Gasteiger partial charge < -0.3 is 10.8 Å². The minimum absolute atomic E-state index is 0.206. The third-order valence-corrected chi connectivity index (χ3v) is 2.93. The molecule has 0 aromatic carbocycles. The molecule has 0 bridgehead atoms. The van der Waals surface area contributed by atoms with Gasteiger partial charge in [-0.1, -0.05) is 11.6 Å². The molecule has 0 aliphatic rings. The van der Waals surface area contributed by atoms with E-state index in [9.17, 15) is 5.11 Å². The molecule has 3 N–H and O–H groups in total. The summed E-state index contributed by atoms with van der Waals surface area (Å²) in [6.07, 6.45) is 0.428. The van der Waals surface area contributed by atoms with Crippen LogP contribution in [0.4, 0.5) is 0 Å². The SMILES string of the molecule is CCn1nc(C)c(Cl)c1CC(C)(O)CN. The van der Waals surface area contributed by atoms with E-state index in [-0.39, 0.29) is 6.54 Å². The Labute approximate surface area is 95.0 Å². The third-order valence-electron chi connectivity index (χ3n) is 2.44. The number of halogens is 1. The topological polar surface area (TPSA) is 64.1 Å². The van der Waals surface area contributed by atoms with Crippen LogP contribution in [0, 0.1) is 6.92 Å². The number of hydrogen-bond acceptors (Lipinski definition) is 3. The molecule has 4 nitrogen and oxygen atoms in total. The fraction of sp³-hybridized carbons (Fsp3) is 0.700. The van der Waals surface area contributed by atoms with Crippen LogP contribution >= 0.6 is 11.6 Å². The number of aromatic nitrogens is 2. The second kappa shape index (κ2) is 4.51. The van der Waals surface area contributed by atoms with Crippen LogP contribution in [-0.4, -0.2) is 27.0 Å². The maximum atomic E-state index is 9.91. The quantitative estimate of drug-likeness (QED) is 0.816. The van der Waals surface area contributed by atoms with Crippen molar-refractivity contribution in [2.24, 2.45) is 5.73 Å². The predicted molar refractivity (Wildman–Crippen MR) is 61.0 cm³/mol. The first-order valence-corrected chi connectivity index (χ1v) is 5.43. The van der Waals surface area contributed by atoms with E-state index in [0.29, 0.717) is 11.4 Å². The maximum Gasteiger partial charge on any atom is 0.0848 e. The lowest BCUT2D eigenvalue weighted by Crippen LogP contribution is -2.37. The van der Waals surface area contributed by atoms with Crippen molar-refractivity contribution in [3.05, 3.63) is 16.4 Å². The zero-order valence-electron chi connectivity index (χ0n) is 9.42. The molecule has 0 fully saturated rings. The summed E-state index contributed by atoms with van der Waals surface area (Å²) in [5.74, 6) is 0. The van der Waals surface area contributed by atoms with Crippen molar-refractivity contribution in [3.8, 4) is 0 Å². The van der Waals surface area contributed by atoms with Crippen LogP contribution in [-0.2, 0) is 13.0 Å². The number of rotatable bonds is 4. The standard InChI is InChI=1S/C10H18ClN3O/c1-4-14-8(5-10(3,15)6-12)9(11)7(2)13-14/h15H,4-6,12H2,1-3H3. The Morgan fingerprint density at radius 2 is 2.20 bits per heavy atom. The average molecular weight is 232 g/mol. The summed E-state index contributed by atoms with van der Waals surface area (Å²) in [7, 11) is 0. The summed E-state index contributed by atoms with van der Waals surface area (Å²) in [6, 6.07) is 0. The molecule has 1 aromatic rings. The Hall–Kier alpha value is -0.580. The van der Waals surface area contributed by atoms with Crippen molar-refractivity contribution < 1.29 is 5.11 Å². The van der Waals surface area contributed by atoms with Crippen molar-refractivity contribution in [3.63, 3.8) is 0 Å². The number of aryl methyl sites for hydroxylation is 2. The first-order chi connectivity index (χ1) is 6.91. The van der Waals surface area contributed by atoms with Gasteiger partial charge in [0.15, 0.2) is 0 Å². The van der Waals surface area contributed by atoms with E-state index in [1.54, 1.807) is 6.92 Å². The van der Waals surface area contributed by atoms with Gasteiger partial charge in [0.25, 0.3) is 0 Å². The van der Waals surface area contributed by atoms with Gasteiger partial charge in [-0.15, -0.1) is 0 Å². The summed E-state index contributed by atoms with van der Waals surface area (Å²) in [4.78, 5) is 0. The Kier molecular flexibility index (Phi) is 3.76. The van der Waals surface area contributed by atoms with Crippen molar-refractivity contribution in [2.75, 3.05) is 6.54 Å². The second-order valence-electron chi connectivity index (χ2n) is 4.04.